The van der Waals surface area contributed by atoms with Gasteiger partial charge in [0.25, 0.3) is 0 Å². The number of benzene rings is 1. The summed E-state index contributed by atoms with van der Waals surface area (Å²) in [5.74, 6) is 0. The van der Waals surface area contributed by atoms with Crippen molar-refractivity contribution in [3.63, 3.8) is 0 Å². The number of hydrogen-bond acceptors (Lipinski definition) is 0. The predicted molar refractivity (Wildman–Crippen MR) is 60.9 cm³/mol. The van der Waals surface area contributed by atoms with Crippen LogP contribution in [0.2, 0.25) is 0 Å². The van der Waals surface area contributed by atoms with Crippen molar-refractivity contribution in [1.82, 2.24) is 0 Å². The molecule has 1 aliphatic carbocycles. The number of hydrogen-bond donors (Lipinski definition) is 0. The average Bonchev–Trinajstić information content (AvgIpc) is 2.21. The Bertz CT molecular complexity index is 287. The van der Waals surface area contributed by atoms with Gasteiger partial charge in [-0.2, -0.15) is 0 Å². The maximum Gasteiger partial charge on any atom is -0.0230 e. The Hall–Kier alpha value is -0.610. The third-order valence-electron chi connectivity index (χ3n) is 2.37. The topological polar surface area (TPSA) is 0 Å². The van der Waals surface area contributed by atoms with E-state index in [0.717, 1.165) is 8.58 Å². The van der Waals surface area contributed by atoms with Gasteiger partial charge in [-0.05, 0) is 36.3 Å². The largest absolute Gasteiger partial charge is 0.0808 e. The third kappa shape index (κ3) is 2.67. The van der Waals surface area contributed by atoms with Crippen molar-refractivity contribution in [2.75, 3.05) is 0 Å². The van der Waals surface area contributed by atoms with Crippen molar-refractivity contribution in [1.29, 1.82) is 0 Å². The van der Waals surface area contributed by atoms with Gasteiger partial charge in [-0.15, -0.1) is 0 Å². The predicted octanol–water partition coefficient (Wildman–Crippen LogP) is 3.45. The molecule has 0 bridgehead atoms. The van der Waals surface area contributed by atoms with E-state index in [1.54, 1.807) is 5.31 Å². The fraction of sp³-hybridized carbons (Fsp3) is 0.333. The Morgan fingerprint density at radius 2 is 1.85 bits per heavy atom. The van der Waals surface area contributed by atoms with Gasteiger partial charge in [-0.1, -0.05) is 45.0 Å². The molecule has 0 aromatic heterocycles. The van der Waals surface area contributed by atoms with E-state index in [2.05, 4.69) is 36.4 Å². The summed E-state index contributed by atoms with van der Waals surface area (Å²) in [7, 11) is 0.915. The molecule has 0 fully saturated rings. The highest BCUT2D eigenvalue weighted by atomic mass is 31.1. The monoisotopic (exact) mass is 190 g/mol. The summed E-state index contributed by atoms with van der Waals surface area (Å²) in [6.45, 7) is 0. The highest BCUT2D eigenvalue weighted by molar-refractivity contribution is 7.51. The number of allylic oxidation sites excluding steroid dienone is 2. The molecule has 1 aromatic rings. The van der Waals surface area contributed by atoms with Gasteiger partial charge in [0, 0.05) is 0 Å². The second-order valence-electron chi connectivity index (χ2n) is 3.47. The van der Waals surface area contributed by atoms with Crippen molar-refractivity contribution in [2.24, 2.45) is 0 Å². The molecule has 0 saturated heterocycles. The van der Waals surface area contributed by atoms with Crippen LogP contribution in [0.3, 0.4) is 0 Å². The van der Waals surface area contributed by atoms with Crippen molar-refractivity contribution in [3.8, 4) is 0 Å². The van der Waals surface area contributed by atoms with E-state index in [1.807, 2.05) is 0 Å². The van der Waals surface area contributed by atoms with Crippen LogP contribution in [0.25, 0.3) is 0 Å². The molecule has 0 N–H and O–H groups in total. The molecule has 1 heteroatoms. The van der Waals surface area contributed by atoms with E-state index in [0.29, 0.717) is 0 Å². The lowest BCUT2D eigenvalue weighted by Crippen LogP contribution is -1.95. The van der Waals surface area contributed by atoms with Crippen molar-refractivity contribution >= 4 is 13.9 Å². The van der Waals surface area contributed by atoms with Crippen molar-refractivity contribution in [3.05, 3.63) is 41.7 Å². The molecular formula is C12H15P. The van der Waals surface area contributed by atoms with Crippen LogP contribution in [-0.4, -0.2) is 0 Å². The highest BCUT2D eigenvalue weighted by Crippen LogP contribution is 2.31. The van der Waals surface area contributed by atoms with E-state index in [4.69, 9.17) is 0 Å². The zero-order valence-corrected chi connectivity index (χ0v) is 8.79. The molecule has 0 radical (unpaired) electrons. The lowest BCUT2D eigenvalue weighted by Gasteiger charge is -2.12. The molecule has 2 rings (SSSR count). The molecule has 68 valence electrons. The zero-order valence-electron chi connectivity index (χ0n) is 7.79. The van der Waals surface area contributed by atoms with Crippen LogP contribution in [0.4, 0.5) is 0 Å². The van der Waals surface area contributed by atoms with Crippen LogP contribution in [0.15, 0.2) is 41.7 Å². The molecule has 0 nitrogen and oxygen atoms in total. The SMILES string of the molecule is C1=C(Pc2ccccc2)CCCC1. The van der Waals surface area contributed by atoms with Crippen LogP contribution < -0.4 is 5.30 Å². The highest BCUT2D eigenvalue weighted by Gasteiger charge is 2.03. The summed E-state index contributed by atoms with van der Waals surface area (Å²) in [5.41, 5.74) is 0. The molecular weight excluding hydrogens is 175 g/mol. The van der Waals surface area contributed by atoms with Gasteiger partial charge in [-0.3, -0.25) is 0 Å². The van der Waals surface area contributed by atoms with Crippen molar-refractivity contribution < 1.29 is 0 Å². The Balaban J connectivity index is 2.01. The molecule has 0 saturated carbocycles. The summed E-state index contributed by atoms with van der Waals surface area (Å²) >= 11 is 0. The van der Waals surface area contributed by atoms with E-state index < -0.39 is 0 Å². The van der Waals surface area contributed by atoms with E-state index in [1.165, 1.54) is 31.0 Å². The molecule has 0 aliphatic heterocycles. The fourth-order valence-corrected chi connectivity index (χ4v) is 2.94. The first-order chi connectivity index (χ1) is 6.45. The Labute approximate surface area is 81.8 Å². The molecule has 1 atom stereocenters. The maximum atomic E-state index is 2.44. The molecule has 0 amide bonds. The third-order valence-corrected chi connectivity index (χ3v) is 3.77. The van der Waals surface area contributed by atoms with Crippen LogP contribution in [0.5, 0.6) is 0 Å². The standard InChI is InChI=1S/C12H15P/c1-3-7-11(8-4-1)13-12-9-5-2-6-10-12/h1,3-4,7-9,13H,2,5-6,10H2. The summed E-state index contributed by atoms with van der Waals surface area (Å²) in [6.07, 6.45) is 7.85. The van der Waals surface area contributed by atoms with Crippen LogP contribution in [-0.2, 0) is 0 Å². The molecule has 1 unspecified atom stereocenters. The lowest BCUT2D eigenvalue weighted by atomic mass is 10.1. The van der Waals surface area contributed by atoms with Crippen LogP contribution in [0, 0.1) is 0 Å². The molecule has 1 aliphatic rings. The van der Waals surface area contributed by atoms with Gasteiger partial charge < -0.3 is 0 Å². The molecule has 1 aromatic carbocycles. The molecule has 0 heterocycles. The lowest BCUT2D eigenvalue weighted by molar-refractivity contribution is 0.723. The molecule has 0 spiro atoms. The van der Waals surface area contributed by atoms with Gasteiger partial charge >= 0.3 is 0 Å². The van der Waals surface area contributed by atoms with Crippen LogP contribution >= 0.6 is 8.58 Å². The quantitative estimate of drug-likeness (QED) is 0.626. The summed E-state index contributed by atoms with van der Waals surface area (Å²) in [5, 5.41) is 3.15. The van der Waals surface area contributed by atoms with Crippen molar-refractivity contribution in [2.45, 2.75) is 25.7 Å². The normalized spacial score (nSPS) is 17.7. The Morgan fingerprint density at radius 3 is 2.54 bits per heavy atom. The first-order valence-electron chi connectivity index (χ1n) is 4.96. The first-order valence-corrected chi connectivity index (χ1v) is 5.96. The van der Waals surface area contributed by atoms with Crippen LogP contribution in [0.1, 0.15) is 25.7 Å². The van der Waals surface area contributed by atoms with Gasteiger partial charge in [0.15, 0.2) is 0 Å². The van der Waals surface area contributed by atoms with Gasteiger partial charge in [-0.25, -0.2) is 0 Å². The first kappa shape index (κ1) is 8.97. The minimum absolute atomic E-state index is 0.915. The van der Waals surface area contributed by atoms with Gasteiger partial charge in [0.1, 0.15) is 0 Å². The fourth-order valence-electron chi connectivity index (χ4n) is 1.66. The Morgan fingerprint density at radius 1 is 1.00 bits per heavy atom. The van der Waals surface area contributed by atoms with E-state index in [9.17, 15) is 0 Å². The average molecular weight is 190 g/mol. The maximum absolute atomic E-state index is 2.44. The second-order valence-corrected chi connectivity index (χ2v) is 4.94. The van der Waals surface area contributed by atoms with E-state index in [-0.39, 0.29) is 0 Å². The number of rotatable bonds is 2. The van der Waals surface area contributed by atoms with E-state index >= 15 is 0 Å². The summed E-state index contributed by atoms with van der Waals surface area (Å²) in [6, 6.07) is 10.8. The summed E-state index contributed by atoms with van der Waals surface area (Å²) in [4.78, 5) is 0. The second kappa shape index (κ2) is 4.58. The summed E-state index contributed by atoms with van der Waals surface area (Å²) < 4.78 is 0. The van der Waals surface area contributed by atoms with Gasteiger partial charge in [0.2, 0.25) is 0 Å². The van der Waals surface area contributed by atoms with Gasteiger partial charge in [0.05, 0.1) is 0 Å². The smallest absolute Gasteiger partial charge is 0.0230 e. The Kier molecular flexibility index (Phi) is 3.16. The minimum atomic E-state index is 0.915. The minimum Gasteiger partial charge on any atom is -0.0808 e. The zero-order chi connectivity index (χ0) is 8.93. The molecule has 13 heavy (non-hydrogen) atoms.